The molecule has 0 saturated carbocycles. The predicted octanol–water partition coefficient (Wildman–Crippen LogP) is 3.95. The van der Waals surface area contributed by atoms with Crippen LogP contribution in [-0.2, 0) is 0 Å². The van der Waals surface area contributed by atoms with E-state index in [0.29, 0.717) is 17.4 Å². The summed E-state index contributed by atoms with van der Waals surface area (Å²) in [5, 5.41) is 16.0. The number of nitrogens with zero attached hydrogens (tertiary/aromatic N) is 6. The Morgan fingerprint density at radius 2 is 1.77 bits per heavy atom. The molecule has 186 valence electrons. The van der Waals surface area contributed by atoms with Crippen molar-refractivity contribution in [3.8, 4) is 28.7 Å². The number of piperidine rings is 2. The zero-order valence-corrected chi connectivity index (χ0v) is 20.5. The topological polar surface area (TPSA) is 92.4 Å². The third-order valence-electron chi connectivity index (χ3n) is 7.08. The molecule has 35 heavy (non-hydrogen) atoms. The fourth-order valence-corrected chi connectivity index (χ4v) is 5.04. The molecule has 5 rings (SSSR count). The largest absolute Gasteiger partial charge is 0.497 e. The molecule has 2 fully saturated rings. The van der Waals surface area contributed by atoms with Crippen LogP contribution in [0.2, 0.25) is 0 Å². The van der Waals surface area contributed by atoms with Gasteiger partial charge in [-0.15, -0.1) is 10.2 Å². The number of hydrogen-bond donors (Lipinski definition) is 1. The fourth-order valence-electron chi connectivity index (χ4n) is 5.04. The number of methoxy groups -OCH3 is 1. The van der Waals surface area contributed by atoms with E-state index >= 15 is 0 Å². The van der Waals surface area contributed by atoms with Gasteiger partial charge in [-0.25, -0.2) is 0 Å². The van der Waals surface area contributed by atoms with E-state index in [1.807, 2.05) is 36.4 Å². The maximum atomic E-state index is 5.39. The second-order valence-electron chi connectivity index (χ2n) is 9.41. The van der Waals surface area contributed by atoms with Crippen molar-refractivity contribution < 1.29 is 9.26 Å². The molecule has 0 bridgehead atoms. The van der Waals surface area contributed by atoms with Crippen LogP contribution in [0.3, 0.4) is 0 Å². The summed E-state index contributed by atoms with van der Waals surface area (Å²) in [6.07, 6.45) is 7.90. The third kappa shape index (κ3) is 6.15. The van der Waals surface area contributed by atoms with Crippen molar-refractivity contribution in [2.24, 2.45) is 0 Å². The highest BCUT2D eigenvalue weighted by Gasteiger charge is 2.25. The number of ether oxygens (including phenoxy) is 1. The van der Waals surface area contributed by atoms with E-state index in [1.165, 1.54) is 58.3 Å². The molecule has 2 aliphatic heterocycles. The first-order valence-corrected chi connectivity index (χ1v) is 12.8. The van der Waals surface area contributed by atoms with Gasteiger partial charge in [0.1, 0.15) is 11.6 Å². The third-order valence-corrected chi connectivity index (χ3v) is 7.08. The first kappa shape index (κ1) is 23.7. The lowest BCUT2D eigenvalue weighted by Gasteiger charge is -2.40. The highest BCUT2D eigenvalue weighted by Crippen LogP contribution is 2.23. The second-order valence-corrected chi connectivity index (χ2v) is 9.41. The summed E-state index contributed by atoms with van der Waals surface area (Å²) >= 11 is 0. The van der Waals surface area contributed by atoms with Gasteiger partial charge in [0, 0.05) is 18.2 Å². The maximum absolute atomic E-state index is 5.39. The van der Waals surface area contributed by atoms with Crippen molar-refractivity contribution in [2.45, 2.75) is 44.6 Å². The molecule has 1 aromatic carbocycles. The molecule has 9 heteroatoms. The van der Waals surface area contributed by atoms with Gasteiger partial charge in [-0.3, -0.25) is 0 Å². The van der Waals surface area contributed by atoms with Crippen LogP contribution in [0.25, 0.3) is 23.0 Å². The van der Waals surface area contributed by atoms with Gasteiger partial charge in [0.25, 0.3) is 5.89 Å². The van der Waals surface area contributed by atoms with E-state index in [0.717, 1.165) is 42.7 Å². The molecular weight excluding hydrogens is 442 g/mol. The van der Waals surface area contributed by atoms with Gasteiger partial charge < -0.3 is 24.4 Å². The Morgan fingerprint density at radius 1 is 0.971 bits per heavy atom. The van der Waals surface area contributed by atoms with Crippen LogP contribution < -0.4 is 10.1 Å². The van der Waals surface area contributed by atoms with E-state index in [9.17, 15) is 0 Å². The van der Waals surface area contributed by atoms with Gasteiger partial charge in [-0.05, 0) is 101 Å². The monoisotopic (exact) mass is 477 g/mol. The minimum atomic E-state index is 0.350. The Kier molecular flexibility index (Phi) is 7.85. The van der Waals surface area contributed by atoms with E-state index in [-0.39, 0.29) is 0 Å². The summed E-state index contributed by atoms with van der Waals surface area (Å²) in [5.74, 6) is 2.39. The van der Waals surface area contributed by atoms with Crippen molar-refractivity contribution in [1.82, 2.24) is 30.1 Å². The zero-order chi connectivity index (χ0) is 23.9. The average molecular weight is 478 g/mol. The Hall–Kier alpha value is -3.04. The van der Waals surface area contributed by atoms with Crippen LogP contribution in [0.4, 0.5) is 5.82 Å². The standard InChI is InChI=1S/C26H35N7O2/c1-34-22-8-6-20(7-9-22)25-28-26(35-31-25)23-10-11-24(30-29-23)27-14-5-15-32-18-12-21(13-19-32)33-16-3-2-4-17-33/h6-11,21H,2-5,12-19H2,1H3,(H,27,30). The lowest BCUT2D eigenvalue weighted by Crippen LogP contribution is -2.46. The number of benzene rings is 1. The van der Waals surface area contributed by atoms with Crippen molar-refractivity contribution >= 4 is 5.82 Å². The molecule has 0 radical (unpaired) electrons. The van der Waals surface area contributed by atoms with Gasteiger partial charge in [0.15, 0.2) is 5.69 Å². The smallest absolute Gasteiger partial charge is 0.278 e. The summed E-state index contributed by atoms with van der Waals surface area (Å²) in [5.41, 5.74) is 1.40. The molecule has 4 heterocycles. The summed E-state index contributed by atoms with van der Waals surface area (Å²) < 4.78 is 10.6. The van der Waals surface area contributed by atoms with Crippen LogP contribution in [0.5, 0.6) is 5.75 Å². The minimum Gasteiger partial charge on any atom is -0.497 e. The second kappa shape index (κ2) is 11.6. The molecule has 0 atom stereocenters. The van der Waals surface area contributed by atoms with E-state index in [2.05, 4.69) is 35.5 Å². The van der Waals surface area contributed by atoms with Gasteiger partial charge in [0.2, 0.25) is 5.82 Å². The van der Waals surface area contributed by atoms with Gasteiger partial charge in [-0.1, -0.05) is 11.6 Å². The maximum Gasteiger partial charge on any atom is 0.278 e. The Bertz CT molecular complexity index is 1040. The number of likely N-dealkylation sites (tertiary alicyclic amines) is 2. The van der Waals surface area contributed by atoms with Gasteiger partial charge in [0.05, 0.1) is 7.11 Å². The average Bonchev–Trinajstić information content (AvgIpc) is 3.43. The van der Waals surface area contributed by atoms with Crippen molar-refractivity contribution in [3.63, 3.8) is 0 Å². The minimum absolute atomic E-state index is 0.350. The van der Waals surface area contributed by atoms with Crippen LogP contribution in [0, 0.1) is 0 Å². The van der Waals surface area contributed by atoms with Crippen LogP contribution >= 0.6 is 0 Å². The highest BCUT2D eigenvalue weighted by molar-refractivity contribution is 5.59. The number of anilines is 1. The first-order valence-electron chi connectivity index (χ1n) is 12.8. The normalized spacial score (nSPS) is 18.0. The Morgan fingerprint density at radius 3 is 2.49 bits per heavy atom. The van der Waals surface area contributed by atoms with Gasteiger partial charge in [-0.2, -0.15) is 4.98 Å². The molecular formula is C26H35N7O2. The summed E-state index contributed by atoms with van der Waals surface area (Å²) in [7, 11) is 1.64. The van der Waals surface area contributed by atoms with Crippen LogP contribution in [-0.4, -0.2) is 82.6 Å². The fraction of sp³-hybridized carbons (Fsp3) is 0.538. The molecule has 2 aliphatic rings. The molecule has 9 nitrogen and oxygen atoms in total. The molecule has 1 N–H and O–H groups in total. The quantitative estimate of drug-likeness (QED) is 0.460. The number of rotatable bonds is 9. The number of nitrogens with one attached hydrogen (secondary N) is 1. The summed E-state index contributed by atoms with van der Waals surface area (Å²) in [6, 6.07) is 12.1. The molecule has 3 aromatic rings. The van der Waals surface area contributed by atoms with Crippen molar-refractivity contribution in [2.75, 3.05) is 51.7 Å². The number of aromatic nitrogens is 4. The Labute approximate surface area is 206 Å². The summed E-state index contributed by atoms with van der Waals surface area (Å²) in [4.78, 5) is 9.79. The molecule has 0 aliphatic carbocycles. The molecule has 0 amide bonds. The van der Waals surface area contributed by atoms with E-state index < -0.39 is 0 Å². The first-order chi connectivity index (χ1) is 17.3. The van der Waals surface area contributed by atoms with Crippen molar-refractivity contribution in [1.29, 1.82) is 0 Å². The lowest BCUT2D eigenvalue weighted by molar-refractivity contribution is 0.0925. The highest BCUT2D eigenvalue weighted by atomic mass is 16.5. The van der Waals surface area contributed by atoms with E-state index in [1.54, 1.807) is 7.11 Å². The zero-order valence-electron chi connectivity index (χ0n) is 20.5. The van der Waals surface area contributed by atoms with Gasteiger partial charge >= 0.3 is 0 Å². The van der Waals surface area contributed by atoms with E-state index in [4.69, 9.17) is 9.26 Å². The van der Waals surface area contributed by atoms with Crippen LogP contribution in [0.1, 0.15) is 38.5 Å². The Balaban J connectivity index is 1.04. The SMILES string of the molecule is COc1ccc(-c2noc(-c3ccc(NCCCN4CCC(N5CCCCC5)CC4)nn3)n2)cc1. The number of hydrogen-bond acceptors (Lipinski definition) is 9. The lowest BCUT2D eigenvalue weighted by atomic mass is 10.00. The van der Waals surface area contributed by atoms with Crippen LogP contribution in [0.15, 0.2) is 40.9 Å². The molecule has 2 saturated heterocycles. The molecule has 0 spiro atoms. The summed E-state index contributed by atoms with van der Waals surface area (Å²) in [6.45, 7) is 7.07. The van der Waals surface area contributed by atoms with Crippen molar-refractivity contribution in [3.05, 3.63) is 36.4 Å². The predicted molar refractivity (Wildman–Crippen MR) is 135 cm³/mol. The molecule has 0 unspecified atom stereocenters. The molecule has 2 aromatic heterocycles.